The summed E-state index contributed by atoms with van der Waals surface area (Å²) in [5, 5.41) is 3.68. The van der Waals surface area contributed by atoms with Crippen LogP contribution in [0.25, 0.3) is 0 Å². The van der Waals surface area contributed by atoms with E-state index in [2.05, 4.69) is 34.5 Å². The Morgan fingerprint density at radius 1 is 1.09 bits per heavy atom. The van der Waals surface area contributed by atoms with Gasteiger partial charge in [-0.25, -0.2) is 0 Å². The van der Waals surface area contributed by atoms with E-state index in [4.69, 9.17) is 9.47 Å². The van der Waals surface area contributed by atoms with Gasteiger partial charge in [0.2, 0.25) is 0 Å². The lowest BCUT2D eigenvalue weighted by Crippen LogP contribution is -2.41. The van der Waals surface area contributed by atoms with Crippen LogP contribution in [0.3, 0.4) is 0 Å². The maximum Gasteiger partial charge on any atom is 0.0740 e. The number of nitrogens with zero attached hydrogens (tertiary/aromatic N) is 1. The topological polar surface area (TPSA) is 33.7 Å². The molecule has 0 amide bonds. The van der Waals surface area contributed by atoms with Crippen molar-refractivity contribution in [3.8, 4) is 0 Å². The Morgan fingerprint density at radius 2 is 1.82 bits per heavy atom. The molecule has 0 unspecified atom stereocenters. The van der Waals surface area contributed by atoms with E-state index in [9.17, 15) is 0 Å². The normalized spacial score (nSPS) is 31.5. The molecular weight excluding hydrogens is 276 g/mol. The zero-order valence-electron chi connectivity index (χ0n) is 13.2. The summed E-state index contributed by atoms with van der Waals surface area (Å²) in [4.78, 5) is 2.42. The summed E-state index contributed by atoms with van der Waals surface area (Å²) in [5.74, 6) is 0. The fraction of sp³-hybridized carbons (Fsp3) is 0.667. The molecule has 22 heavy (non-hydrogen) atoms. The Morgan fingerprint density at radius 3 is 2.59 bits per heavy atom. The van der Waals surface area contributed by atoms with Crippen LogP contribution in [0.5, 0.6) is 0 Å². The number of benzene rings is 1. The van der Waals surface area contributed by atoms with Crippen LogP contribution in [-0.4, -0.2) is 44.5 Å². The molecule has 0 spiro atoms. The number of para-hydroxylation sites is 1. The standard InChI is InChI=1S/C18H26N2O2/c1-2-4-18(20-7-9-21-10-8-20)14(3-1)13-22-17-11-15-5-6-16(12-17)19-15/h1-4,15-17,19H,5-13H2/t15-,16+,17+. The summed E-state index contributed by atoms with van der Waals surface area (Å²) in [6, 6.07) is 10.1. The molecule has 3 heterocycles. The Labute approximate surface area is 132 Å². The van der Waals surface area contributed by atoms with E-state index < -0.39 is 0 Å². The van der Waals surface area contributed by atoms with Crippen molar-refractivity contribution in [3.05, 3.63) is 29.8 Å². The zero-order chi connectivity index (χ0) is 14.8. The molecule has 3 aliphatic rings. The van der Waals surface area contributed by atoms with Crippen LogP contribution in [0.4, 0.5) is 5.69 Å². The molecule has 1 aromatic rings. The van der Waals surface area contributed by atoms with E-state index >= 15 is 0 Å². The third-order valence-electron chi connectivity index (χ3n) is 5.25. The molecule has 3 atom stereocenters. The fourth-order valence-electron chi connectivity index (χ4n) is 4.09. The van der Waals surface area contributed by atoms with Crippen LogP contribution in [0, 0.1) is 0 Å². The number of hydrogen-bond acceptors (Lipinski definition) is 4. The van der Waals surface area contributed by atoms with Crippen LogP contribution in [-0.2, 0) is 16.1 Å². The third kappa shape index (κ3) is 3.14. The number of anilines is 1. The summed E-state index contributed by atoms with van der Waals surface area (Å²) < 4.78 is 11.8. The minimum absolute atomic E-state index is 0.427. The average molecular weight is 302 g/mol. The first kappa shape index (κ1) is 14.5. The highest BCUT2D eigenvalue weighted by molar-refractivity contribution is 5.53. The minimum atomic E-state index is 0.427. The summed E-state index contributed by atoms with van der Waals surface area (Å²) >= 11 is 0. The van der Waals surface area contributed by atoms with Gasteiger partial charge >= 0.3 is 0 Å². The Kier molecular flexibility index (Phi) is 4.33. The molecular formula is C18H26N2O2. The van der Waals surface area contributed by atoms with Crippen molar-refractivity contribution in [2.45, 2.75) is 50.5 Å². The fourth-order valence-corrected chi connectivity index (χ4v) is 4.09. The zero-order valence-corrected chi connectivity index (χ0v) is 13.2. The lowest BCUT2D eigenvalue weighted by Gasteiger charge is -2.32. The van der Waals surface area contributed by atoms with Crippen molar-refractivity contribution in [3.63, 3.8) is 0 Å². The predicted octanol–water partition coefficient (Wildman–Crippen LogP) is 2.32. The van der Waals surface area contributed by atoms with Gasteiger partial charge in [-0.1, -0.05) is 18.2 Å². The number of fused-ring (bicyclic) bond motifs is 2. The molecule has 0 radical (unpaired) electrons. The second-order valence-electron chi connectivity index (χ2n) is 6.77. The number of nitrogens with one attached hydrogen (secondary N) is 1. The first-order valence-corrected chi connectivity index (χ1v) is 8.67. The Balaban J connectivity index is 1.40. The largest absolute Gasteiger partial charge is 0.378 e. The Bertz CT molecular complexity index is 490. The van der Waals surface area contributed by atoms with E-state index in [1.54, 1.807) is 0 Å². The van der Waals surface area contributed by atoms with Crippen molar-refractivity contribution >= 4 is 5.69 Å². The highest BCUT2D eigenvalue weighted by Crippen LogP contribution is 2.30. The molecule has 3 aliphatic heterocycles. The number of morpholine rings is 1. The lowest BCUT2D eigenvalue weighted by atomic mass is 10.0. The average Bonchev–Trinajstić information content (AvgIpc) is 2.92. The van der Waals surface area contributed by atoms with Crippen molar-refractivity contribution in [1.82, 2.24) is 5.32 Å². The van der Waals surface area contributed by atoms with E-state index in [1.165, 1.54) is 36.9 Å². The monoisotopic (exact) mass is 302 g/mol. The van der Waals surface area contributed by atoms with Gasteiger partial charge in [0.25, 0.3) is 0 Å². The van der Waals surface area contributed by atoms with Gasteiger partial charge < -0.3 is 19.7 Å². The van der Waals surface area contributed by atoms with Gasteiger partial charge in [0.1, 0.15) is 0 Å². The highest BCUT2D eigenvalue weighted by Gasteiger charge is 2.33. The maximum absolute atomic E-state index is 6.28. The van der Waals surface area contributed by atoms with Gasteiger partial charge in [0, 0.05) is 36.4 Å². The molecule has 4 rings (SSSR count). The van der Waals surface area contributed by atoms with Crippen molar-refractivity contribution in [2.24, 2.45) is 0 Å². The van der Waals surface area contributed by atoms with Crippen LogP contribution in [0.15, 0.2) is 24.3 Å². The molecule has 3 saturated heterocycles. The highest BCUT2D eigenvalue weighted by atomic mass is 16.5. The van der Waals surface area contributed by atoms with Crippen molar-refractivity contribution in [1.29, 1.82) is 0 Å². The smallest absolute Gasteiger partial charge is 0.0740 e. The minimum Gasteiger partial charge on any atom is -0.378 e. The van der Waals surface area contributed by atoms with Gasteiger partial charge in [-0.15, -0.1) is 0 Å². The Hall–Kier alpha value is -1.10. The van der Waals surface area contributed by atoms with Crippen LogP contribution < -0.4 is 10.2 Å². The summed E-state index contributed by atoms with van der Waals surface area (Å²) in [7, 11) is 0. The maximum atomic E-state index is 6.28. The molecule has 1 aromatic carbocycles. The first-order valence-electron chi connectivity index (χ1n) is 8.67. The summed E-state index contributed by atoms with van der Waals surface area (Å²) in [6.07, 6.45) is 5.44. The molecule has 4 heteroatoms. The SMILES string of the molecule is c1ccc(N2CCOCC2)c(CO[C@H]2C[C@H]3CC[C@@H](C2)N3)c1. The molecule has 1 N–H and O–H groups in total. The van der Waals surface area contributed by atoms with E-state index in [0.29, 0.717) is 18.2 Å². The molecule has 0 aromatic heterocycles. The molecule has 4 nitrogen and oxygen atoms in total. The predicted molar refractivity (Wildman–Crippen MR) is 87.2 cm³/mol. The molecule has 0 aliphatic carbocycles. The third-order valence-corrected chi connectivity index (χ3v) is 5.25. The first-order chi connectivity index (χ1) is 10.9. The van der Waals surface area contributed by atoms with Crippen LogP contribution in [0.1, 0.15) is 31.2 Å². The number of rotatable bonds is 4. The number of ether oxygens (including phenoxy) is 2. The molecule has 2 bridgehead atoms. The van der Waals surface area contributed by atoms with Gasteiger partial charge in [-0.05, 0) is 31.7 Å². The van der Waals surface area contributed by atoms with E-state index in [-0.39, 0.29) is 0 Å². The van der Waals surface area contributed by atoms with Gasteiger partial charge in [0.15, 0.2) is 0 Å². The van der Waals surface area contributed by atoms with Crippen LogP contribution >= 0.6 is 0 Å². The van der Waals surface area contributed by atoms with E-state index in [0.717, 1.165) is 32.9 Å². The van der Waals surface area contributed by atoms with E-state index in [1.807, 2.05) is 0 Å². The van der Waals surface area contributed by atoms with Gasteiger partial charge in [-0.2, -0.15) is 0 Å². The van der Waals surface area contributed by atoms with Gasteiger partial charge in [0.05, 0.1) is 25.9 Å². The molecule has 0 saturated carbocycles. The molecule has 3 fully saturated rings. The second-order valence-corrected chi connectivity index (χ2v) is 6.77. The summed E-state index contributed by atoms with van der Waals surface area (Å²) in [5.41, 5.74) is 2.64. The van der Waals surface area contributed by atoms with Crippen LogP contribution in [0.2, 0.25) is 0 Å². The second kappa shape index (κ2) is 6.57. The summed E-state index contributed by atoms with van der Waals surface area (Å²) in [6.45, 7) is 4.35. The van der Waals surface area contributed by atoms with Crippen molar-refractivity contribution in [2.75, 3.05) is 31.2 Å². The number of piperidine rings is 1. The lowest BCUT2D eigenvalue weighted by molar-refractivity contribution is 0.00923. The van der Waals surface area contributed by atoms with Crippen molar-refractivity contribution < 1.29 is 9.47 Å². The molecule has 120 valence electrons. The quantitative estimate of drug-likeness (QED) is 0.925. The van der Waals surface area contributed by atoms with Gasteiger partial charge in [-0.3, -0.25) is 0 Å². The number of hydrogen-bond donors (Lipinski definition) is 1.